The number of alkyl halides is 5. The van der Waals surface area contributed by atoms with Crippen LogP contribution in [0.5, 0.6) is 0 Å². The molecule has 11 heteroatoms. The number of hydrogen-bond acceptors (Lipinski definition) is 4. The van der Waals surface area contributed by atoms with Gasteiger partial charge in [0.05, 0.1) is 11.5 Å². The van der Waals surface area contributed by atoms with Gasteiger partial charge in [-0.25, -0.2) is 17.2 Å². The smallest absolute Gasteiger partial charge is 0.300 e. The largest absolute Gasteiger partial charge is 0.435 e. The Morgan fingerprint density at radius 1 is 1.21 bits per heavy atom. The van der Waals surface area contributed by atoms with Crippen molar-refractivity contribution in [2.75, 3.05) is 24.6 Å². The van der Waals surface area contributed by atoms with Crippen molar-refractivity contribution >= 4 is 9.84 Å². The first-order valence-corrected chi connectivity index (χ1v) is 11.7. The van der Waals surface area contributed by atoms with Gasteiger partial charge in [-0.05, 0) is 43.7 Å². The fourth-order valence-corrected chi connectivity index (χ4v) is 8.32. The lowest BCUT2D eigenvalue weighted by atomic mass is 9.91. The van der Waals surface area contributed by atoms with Gasteiger partial charge < -0.3 is 0 Å². The van der Waals surface area contributed by atoms with Crippen molar-refractivity contribution in [2.45, 2.75) is 50.4 Å². The molecule has 29 heavy (non-hydrogen) atoms. The van der Waals surface area contributed by atoms with Gasteiger partial charge in [-0.3, -0.25) is 9.58 Å². The molecule has 1 spiro atoms. The Labute approximate surface area is 165 Å². The van der Waals surface area contributed by atoms with E-state index in [2.05, 4.69) is 10.00 Å². The fourth-order valence-electron chi connectivity index (χ4n) is 6.07. The summed E-state index contributed by atoms with van der Waals surface area (Å²) in [5, 5.41) is 3.40. The molecule has 0 amide bonds. The molecule has 4 aliphatic rings. The first-order valence-electron chi connectivity index (χ1n) is 9.84. The zero-order valence-electron chi connectivity index (χ0n) is 15.6. The summed E-state index contributed by atoms with van der Waals surface area (Å²) in [6, 6.07) is 1.24. The molecule has 2 unspecified atom stereocenters. The van der Waals surface area contributed by atoms with Crippen LogP contribution < -0.4 is 0 Å². The molecule has 1 aromatic heterocycles. The van der Waals surface area contributed by atoms with Gasteiger partial charge in [0.2, 0.25) is 0 Å². The molecular formula is C18H22F5N3O2S. The van der Waals surface area contributed by atoms with Crippen LogP contribution in [-0.4, -0.2) is 60.2 Å². The molecule has 1 aromatic rings. The minimum atomic E-state index is -4.65. The highest BCUT2D eigenvalue weighted by molar-refractivity contribution is 7.92. The van der Waals surface area contributed by atoms with E-state index in [1.165, 1.54) is 0 Å². The first-order chi connectivity index (χ1) is 13.5. The van der Waals surface area contributed by atoms with Crippen molar-refractivity contribution in [1.29, 1.82) is 0 Å². The summed E-state index contributed by atoms with van der Waals surface area (Å²) < 4.78 is 88.6. The summed E-state index contributed by atoms with van der Waals surface area (Å²) in [4.78, 5) is 2.33. The monoisotopic (exact) mass is 439 g/mol. The third kappa shape index (κ3) is 3.37. The Balaban J connectivity index is 1.25. The molecule has 4 atom stereocenters. The lowest BCUT2D eigenvalue weighted by Gasteiger charge is -2.38. The second kappa shape index (κ2) is 6.15. The molecule has 2 aliphatic heterocycles. The Morgan fingerprint density at radius 2 is 1.86 bits per heavy atom. The van der Waals surface area contributed by atoms with Crippen LogP contribution in [0.1, 0.15) is 36.6 Å². The molecule has 162 valence electrons. The van der Waals surface area contributed by atoms with Gasteiger partial charge >= 0.3 is 6.18 Å². The van der Waals surface area contributed by atoms with E-state index >= 15 is 0 Å². The molecular weight excluding hydrogens is 417 g/mol. The van der Waals surface area contributed by atoms with Gasteiger partial charge in [0.1, 0.15) is 6.54 Å². The molecule has 3 heterocycles. The summed E-state index contributed by atoms with van der Waals surface area (Å²) in [7, 11) is -2.88. The number of likely N-dealkylation sites (tertiary alicyclic amines) is 1. The number of halogens is 5. The van der Waals surface area contributed by atoms with E-state index in [9.17, 15) is 30.4 Å². The maximum absolute atomic E-state index is 13.0. The Hall–Kier alpha value is -1.23. The average Bonchev–Trinajstić information content (AvgIpc) is 3.01. The number of fused-ring (bicyclic) bond motifs is 1. The minimum Gasteiger partial charge on any atom is -0.300 e. The van der Waals surface area contributed by atoms with Crippen LogP contribution in [0, 0.1) is 17.3 Å². The summed E-state index contributed by atoms with van der Waals surface area (Å²) in [5.74, 6) is 0.748. The summed E-state index contributed by atoms with van der Waals surface area (Å²) in [6.45, 7) is 0.794. The van der Waals surface area contributed by atoms with E-state index in [-0.39, 0.29) is 40.4 Å². The zero-order chi connectivity index (χ0) is 20.8. The molecule has 2 saturated heterocycles. The molecule has 5 nitrogen and oxygen atoms in total. The lowest BCUT2D eigenvalue weighted by molar-refractivity contribution is -0.141. The number of nitrogens with zero attached hydrogens (tertiary/aromatic N) is 3. The number of hydrogen-bond donors (Lipinski definition) is 0. The molecule has 0 aromatic carbocycles. The van der Waals surface area contributed by atoms with Crippen LogP contribution in [0.4, 0.5) is 22.0 Å². The quantitative estimate of drug-likeness (QED) is 0.678. The maximum Gasteiger partial charge on any atom is 0.435 e. The molecule has 4 fully saturated rings. The maximum atomic E-state index is 13.0. The third-order valence-electron chi connectivity index (χ3n) is 7.21. The number of sulfone groups is 1. The lowest BCUT2D eigenvalue weighted by Crippen LogP contribution is -2.50. The Kier molecular flexibility index (Phi) is 4.18. The standard InChI is InChI=1S/C18H22F5N3O2S/c19-15(20)6-26-13(5-14(24-26)18(21,22)23)16-11-3-10(4-12(11)16)25-2-1-17(7-25)8-29(27,28)9-17/h5,10-12,15-16H,1-4,6-9H2/t10?,11-,12+,16?. The van der Waals surface area contributed by atoms with E-state index in [1.807, 2.05) is 0 Å². The van der Waals surface area contributed by atoms with Gasteiger partial charge in [0.25, 0.3) is 6.43 Å². The van der Waals surface area contributed by atoms with Crippen molar-refractivity contribution < 1.29 is 30.4 Å². The van der Waals surface area contributed by atoms with Crippen molar-refractivity contribution in [3.63, 3.8) is 0 Å². The summed E-state index contributed by atoms with van der Waals surface area (Å²) in [5.41, 5.74) is -0.945. The SMILES string of the molecule is O=S1(=O)CC2(CCN(C3C[C@@H]4C(c5cc(C(F)(F)F)nn5CC(F)F)[C@@H]4C3)C2)C1. The van der Waals surface area contributed by atoms with Crippen LogP contribution in [0.25, 0.3) is 0 Å². The van der Waals surface area contributed by atoms with Crippen LogP contribution in [0.2, 0.25) is 0 Å². The van der Waals surface area contributed by atoms with Gasteiger partial charge in [0.15, 0.2) is 15.5 Å². The summed E-state index contributed by atoms with van der Waals surface area (Å²) in [6.07, 6.45) is -4.90. The van der Waals surface area contributed by atoms with Crippen LogP contribution >= 0.6 is 0 Å². The Bertz CT molecular complexity index is 904. The van der Waals surface area contributed by atoms with Crippen LogP contribution in [0.3, 0.4) is 0 Å². The second-order valence-electron chi connectivity index (χ2n) is 9.26. The second-order valence-corrected chi connectivity index (χ2v) is 11.3. The Morgan fingerprint density at radius 3 is 2.41 bits per heavy atom. The van der Waals surface area contributed by atoms with E-state index in [0.29, 0.717) is 6.04 Å². The fraction of sp³-hybridized carbons (Fsp3) is 0.833. The molecule has 5 rings (SSSR count). The molecule has 2 saturated carbocycles. The van der Waals surface area contributed by atoms with Gasteiger partial charge in [-0.2, -0.15) is 18.3 Å². The molecule has 2 aliphatic carbocycles. The molecule has 0 radical (unpaired) electrons. The van der Waals surface area contributed by atoms with E-state index < -0.39 is 34.7 Å². The highest BCUT2D eigenvalue weighted by atomic mass is 32.2. The number of rotatable bonds is 4. The van der Waals surface area contributed by atoms with Crippen molar-refractivity contribution in [2.24, 2.45) is 17.3 Å². The third-order valence-corrected chi connectivity index (χ3v) is 9.31. The van der Waals surface area contributed by atoms with E-state index in [0.717, 1.165) is 43.1 Å². The van der Waals surface area contributed by atoms with Crippen molar-refractivity contribution in [3.05, 3.63) is 17.5 Å². The van der Waals surface area contributed by atoms with Gasteiger partial charge in [-0.15, -0.1) is 0 Å². The summed E-state index contributed by atoms with van der Waals surface area (Å²) >= 11 is 0. The predicted octanol–water partition coefficient (Wildman–Crippen LogP) is 2.78. The highest BCUT2D eigenvalue weighted by Crippen LogP contribution is 2.64. The van der Waals surface area contributed by atoms with E-state index in [1.54, 1.807) is 0 Å². The highest BCUT2D eigenvalue weighted by Gasteiger charge is 2.61. The molecule has 0 bridgehead atoms. The minimum absolute atomic E-state index is 0.109. The first kappa shape index (κ1) is 19.7. The van der Waals surface area contributed by atoms with E-state index in [4.69, 9.17) is 0 Å². The van der Waals surface area contributed by atoms with Gasteiger partial charge in [-0.1, -0.05) is 0 Å². The van der Waals surface area contributed by atoms with Crippen molar-refractivity contribution in [1.82, 2.24) is 14.7 Å². The molecule has 0 N–H and O–H groups in total. The van der Waals surface area contributed by atoms with Crippen LogP contribution in [-0.2, 0) is 22.6 Å². The van der Waals surface area contributed by atoms with Crippen LogP contribution in [0.15, 0.2) is 6.07 Å². The van der Waals surface area contributed by atoms with Gasteiger partial charge in [0, 0.05) is 29.6 Å². The topological polar surface area (TPSA) is 55.2 Å². The predicted molar refractivity (Wildman–Crippen MR) is 93.3 cm³/mol. The average molecular weight is 439 g/mol. The normalized spacial score (nSPS) is 35.2. The number of aromatic nitrogens is 2. The zero-order valence-corrected chi connectivity index (χ0v) is 16.4. The van der Waals surface area contributed by atoms with Crippen molar-refractivity contribution in [3.8, 4) is 0 Å².